The maximum atomic E-state index is 12.0. The number of rotatable bonds is 6. The molecule has 1 heterocycles. The van der Waals surface area contributed by atoms with Crippen LogP contribution in [0, 0.1) is 0 Å². The molecule has 0 radical (unpaired) electrons. The van der Waals surface area contributed by atoms with E-state index >= 15 is 0 Å². The van der Waals surface area contributed by atoms with Crippen LogP contribution >= 0.6 is 12.2 Å². The molecule has 1 saturated heterocycles. The molecule has 1 rings (SSSR count). The number of piperazine rings is 1. The molecule has 0 aromatic rings. The van der Waals surface area contributed by atoms with Crippen LogP contribution in [-0.4, -0.2) is 77.2 Å². The first-order valence-electron chi connectivity index (χ1n) is 6.43. The molecule has 0 unspecified atom stereocenters. The summed E-state index contributed by atoms with van der Waals surface area (Å²) >= 11 is 4.75. The highest BCUT2D eigenvalue weighted by Gasteiger charge is 2.30. The van der Waals surface area contributed by atoms with Gasteiger partial charge >= 0.3 is 0 Å². The lowest BCUT2D eigenvalue weighted by Crippen LogP contribution is -2.55. The molecule has 3 amide bonds. The van der Waals surface area contributed by atoms with Gasteiger partial charge in [-0.05, 0) is 6.92 Å². The van der Waals surface area contributed by atoms with E-state index in [4.69, 9.17) is 18.0 Å². The van der Waals surface area contributed by atoms with Gasteiger partial charge in [0.1, 0.15) is 13.1 Å². The van der Waals surface area contributed by atoms with Crippen LogP contribution in [0.2, 0.25) is 0 Å². The summed E-state index contributed by atoms with van der Waals surface area (Å²) in [5.41, 5.74) is 5.37. The van der Waals surface area contributed by atoms with Gasteiger partial charge < -0.3 is 20.4 Å². The minimum atomic E-state index is -0.229. The molecule has 1 aliphatic heterocycles. The first-order chi connectivity index (χ1) is 9.35. The standard InChI is InChI=1S/C12H20N4O3S/c1-3-15-7-12(19)16(8-11(15)18)6-10(17)14(2)5-4-9(13)20/h3-8H2,1-2H3,(H2,13,20). The van der Waals surface area contributed by atoms with Crippen LogP contribution in [0.4, 0.5) is 0 Å². The van der Waals surface area contributed by atoms with Crippen molar-refractivity contribution in [2.75, 3.05) is 39.8 Å². The van der Waals surface area contributed by atoms with Gasteiger partial charge in [0.05, 0.1) is 11.5 Å². The van der Waals surface area contributed by atoms with E-state index in [-0.39, 0.29) is 37.4 Å². The van der Waals surface area contributed by atoms with Crippen LogP contribution in [0.3, 0.4) is 0 Å². The van der Waals surface area contributed by atoms with Crippen LogP contribution in [0.15, 0.2) is 0 Å². The summed E-state index contributed by atoms with van der Waals surface area (Å²) in [6, 6.07) is 0. The Kier molecular flexibility index (Phi) is 5.87. The zero-order valence-corrected chi connectivity index (χ0v) is 12.6. The average Bonchev–Trinajstić information content (AvgIpc) is 2.39. The first kappa shape index (κ1) is 16.4. The lowest BCUT2D eigenvalue weighted by atomic mass is 10.2. The fourth-order valence-electron chi connectivity index (χ4n) is 1.82. The molecule has 0 spiro atoms. The monoisotopic (exact) mass is 300 g/mol. The van der Waals surface area contributed by atoms with Crippen molar-refractivity contribution in [3.8, 4) is 0 Å². The van der Waals surface area contributed by atoms with E-state index in [9.17, 15) is 14.4 Å². The Labute approximate surface area is 123 Å². The van der Waals surface area contributed by atoms with Gasteiger partial charge in [0.25, 0.3) is 0 Å². The number of hydrogen-bond donors (Lipinski definition) is 1. The van der Waals surface area contributed by atoms with Gasteiger partial charge in [0.15, 0.2) is 0 Å². The summed E-state index contributed by atoms with van der Waals surface area (Å²) in [5.74, 6) is -0.569. The molecule has 2 N–H and O–H groups in total. The number of amides is 3. The second-order valence-corrected chi connectivity index (χ2v) is 5.21. The molecule has 1 fully saturated rings. The van der Waals surface area contributed by atoms with Crippen molar-refractivity contribution in [2.24, 2.45) is 5.73 Å². The minimum absolute atomic E-state index is 0.0401. The van der Waals surface area contributed by atoms with Gasteiger partial charge in [-0.15, -0.1) is 0 Å². The number of carbonyl (C=O) groups is 3. The molecule has 112 valence electrons. The second-order valence-electron chi connectivity index (χ2n) is 4.69. The van der Waals surface area contributed by atoms with Crippen LogP contribution < -0.4 is 5.73 Å². The van der Waals surface area contributed by atoms with Crippen molar-refractivity contribution >= 4 is 34.9 Å². The third-order valence-corrected chi connectivity index (χ3v) is 3.39. The topological polar surface area (TPSA) is 87.0 Å². The molecular formula is C12H20N4O3S. The van der Waals surface area contributed by atoms with Gasteiger partial charge in [-0.2, -0.15) is 0 Å². The molecule has 8 heteroatoms. The maximum absolute atomic E-state index is 12.0. The molecule has 1 aliphatic rings. The highest BCUT2D eigenvalue weighted by atomic mass is 32.1. The van der Waals surface area contributed by atoms with Crippen LogP contribution in [0.5, 0.6) is 0 Å². The third kappa shape index (κ3) is 4.44. The Bertz CT molecular complexity index is 427. The minimum Gasteiger partial charge on any atom is -0.393 e. The number of hydrogen-bond acceptors (Lipinski definition) is 4. The van der Waals surface area contributed by atoms with Crippen molar-refractivity contribution in [3.05, 3.63) is 0 Å². The van der Waals surface area contributed by atoms with E-state index < -0.39 is 0 Å². The van der Waals surface area contributed by atoms with E-state index in [2.05, 4.69) is 0 Å². The fraction of sp³-hybridized carbons (Fsp3) is 0.667. The van der Waals surface area contributed by atoms with Crippen molar-refractivity contribution in [1.82, 2.24) is 14.7 Å². The van der Waals surface area contributed by atoms with Gasteiger partial charge in [-0.1, -0.05) is 12.2 Å². The number of carbonyl (C=O) groups excluding carboxylic acids is 3. The Balaban J connectivity index is 2.51. The molecule has 20 heavy (non-hydrogen) atoms. The summed E-state index contributed by atoms with van der Waals surface area (Å²) in [5, 5.41) is 0. The Morgan fingerprint density at radius 1 is 1.30 bits per heavy atom. The van der Waals surface area contributed by atoms with Crippen LogP contribution in [-0.2, 0) is 14.4 Å². The van der Waals surface area contributed by atoms with Crippen LogP contribution in [0.1, 0.15) is 13.3 Å². The molecule has 0 saturated carbocycles. The quantitative estimate of drug-likeness (QED) is 0.623. The van der Waals surface area contributed by atoms with Gasteiger partial charge in [-0.25, -0.2) is 0 Å². The highest BCUT2D eigenvalue weighted by Crippen LogP contribution is 2.05. The lowest BCUT2D eigenvalue weighted by Gasteiger charge is -2.33. The summed E-state index contributed by atoms with van der Waals surface area (Å²) in [6.45, 7) is 2.64. The van der Waals surface area contributed by atoms with Gasteiger partial charge in [-0.3, -0.25) is 14.4 Å². The smallest absolute Gasteiger partial charge is 0.243 e. The number of thiocarbonyl (C=S) groups is 1. The zero-order valence-electron chi connectivity index (χ0n) is 11.8. The predicted octanol–water partition coefficient (Wildman–Crippen LogP) is -1.19. The zero-order chi connectivity index (χ0) is 15.3. The van der Waals surface area contributed by atoms with Crippen molar-refractivity contribution in [2.45, 2.75) is 13.3 Å². The molecular weight excluding hydrogens is 280 g/mol. The van der Waals surface area contributed by atoms with E-state index in [1.165, 1.54) is 14.7 Å². The summed E-state index contributed by atoms with van der Waals surface area (Å²) in [4.78, 5) is 40.1. The van der Waals surface area contributed by atoms with E-state index in [0.29, 0.717) is 24.5 Å². The van der Waals surface area contributed by atoms with Crippen molar-refractivity contribution in [3.63, 3.8) is 0 Å². The van der Waals surface area contributed by atoms with E-state index in [0.717, 1.165) is 0 Å². The molecule has 0 bridgehead atoms. The van der Waals surface area contributed by atoms with Crippen LogP contribution in [0.25, 0.3) is 0 Å². The summed E-state index contributed by atoms with van der Waals surface area (Å²) in [6.07, 6.45) is 0.439. The Morgan fingerprint density at radius 3 is 2.40 bits per heavy atom. The van der Waals surface area contributed by atoms with Gasteiger partial charge in [0.2, 0.25) is 17.7 Å². The van der Waals surface area contributed by atoms with Gasteiger partial charge in [0, 0.05) is 26.6 Å². The molecule has 0 atom stereocenters. The first-order valence-corrected chi connectivity index (χ1v) is 6.83. The van der Waals surface area contributed by atoms with E-state index in [1.807, 2.05) is 6.92 Å². The largest absolute Gasteiger partial charge is 0.393 e. The van der Waals surface area contributed by atoms with Crippen molar-refractivity contribution in [1.29, 1.82) is 0 Å². The summed E-state index contributed by atoms with van der Waals surface area (Å²) in [7, 11) is 1.62. The van der Waals surface area contributed by atoms with E-state index in [1.54, 1.807) is 7.05 Å². The third-order valence-electron chi connectivity index (χ3n) is 3.18. The number of likely N-dealkylation sites (N-methyl/N-ethyl adjacent to an activating group) is 2. The SMILES string of the molecule is CCN1CC(=O)N(CC(=O)N(C)CCC(N)=S)CC1=O. The highest BCUT2D eigenvalue weighted by molar-refractivity contribution is 7.80. The Morgan fingerprint density at radius 2 is 1.85 bits per heavy atom. The second kappa shape index (κ2) is 7.18. The molecule has 0 aromatic heterocycles. The number of nitrogens with two attached hydrogens (primary N) is 1. The lowest BCUT2D eigenvalue weighted by molar-refractivity contribution is -0.152. The Hall–Kier alpha value is -1.70. The molecule has 0 aromatic carbocycles. The predicted molar refractivity (Wildman–Crippen MR) is 77.9 cm³/mol. The fourth-order valence-corrected chi connectivity index (χ4v) is 1.91. The molecule has 7 nitrogen and oxygen atoms in total. The van der Waals surface area contributed by atoms with Crippen molar-refractivity contribution < 1.29 is 14.4 Å². The number of nitrogens with zero attached hydrogens (tertiary/aromatic N) is 3. The average molecular weight is 300 g/mol. The molecule has 0 aliphatic carbocycles. The maximum Gasteiger partial charge on any atom is 0.243 e. The normalized spacial score (nSPS) is 15.5. The summed E-state index contributed by atoms with van der Waals surface area (Å²) < 4.78 is 0.